The molecule has 0 saturated carbocycles. The summed E-state index contributed by atoms with van der Waals surface area (Å²) < 4.78 is 1.99. The van der Waals surface area contributed by atoms with E-state index in [-0.39, 0.29) is 11.9 Å². The van der Waals surface area contributed by atoms with E-state index >= 15 is 0 Å². The molecule has 130 valence electrons. The van der Waals surface area contributed by atoms with Crippen LogP contribution in [0.15, 0.2) is 54.4 Å². The quantitative estimate of drug-likeness (QED) is 0.601. The first kappa shape index (κ1) is 16.4. The lowest BCUT2D eigenvalue weighted by molar-refractivity contribution is 0.0945. The molecule has 1 N–H and O–H groups in total. The Hall–Kier alpha value is -3.06. The molecule has 1 amide bonds. The number of aromatic nitrogens is 4. The highest BCUT2D eigenvalue weighted by Crippen LogP contribution is 2.30. The number of amides is 1. The normalized spacial score (nSPS) is 11.2. The van der Waals surface area contributed by atoms with E-state index in [1.165, 1.54) is 11.3 Å². The first-order chi connectivity index (χ1) is 12.6. The molecule has 0 bridgehead atoms. The van der Waals surface area contributed by atoms with Crippen LogP contribution < -0.4 is 5.32 Å². The van der Waals surface area contributed by atoms with Crippen molar-refractivity contribution in [1.82, 2.24) is 24.7 Å². The number of nitrogens with one attached hydrogen (secondary N) is 1. The van der Waals surface area contributed by atoms with Crippen LogP contribution in [-0.4, -0.2) is 31.3 Å². The zero-order valence-electron chi connectivity index (χ0n) is 14.4. The molecule has 0 aromatic carbocycles. The lowest BCUT2D eigenvalue weighted by Crippen LogP contribution is -2.29. The number of hydrogen-bond donors (Lipinski definition) is 1. The van der Waals surface area contributed by atoms with Crippen molar-refractivity contribution in [3.05, 3.63) is 60.0 Å². The number of fused-ring (bicyclic) bond motifs is 1. The molecule has 0 spiro atoms. The molecule has 4 heterocycles. The molecule has 0 unspecified atom stereocenters. The molecule has 0 atom stereocenters. The van der Waals surface area contributed by atoms with Crippen molar-refractivity contribution in [3.8, 4) is 22.1 Å². The van der Waals surface area contributed by atoms with Crippen LogP contribution >= 0.6 is 11.3 Å². The molecule has 0 radical (unpaired) electrons. The fourth-order valence-corrected chi connectivity index (χ4v) is 3.56. The standard InChI is InChI=1S/C19H17N5OS/c1-12(2)22-18(25)13-9-17(24-8-4-3-5-16(13)24)15-11-26-19(23-15)14-10-20-6-7-21-14/h3-12H,1-2H3,(H,22,25). The van der Waals surface area contributed by atoms with E-state index in [4.69, 9.17) is 4.98 Å². The summed E-state index contributed by atoms with van der Waals surface area (Å²) >= 11 is 1.51. The smallest absolute Gasteiger partial charge is 0.253 e. The van der Waals surface area contributed by atoms with Gasteiger partial charge in [0.05, 0.1) is 28.7 Å². The van der Waals surface area contributed by atoms with Gasteiger partial charge in [-0.05, 0) is 32.0 Å². The minimum absolute atomic E-state index is 0.0761. The van der Waals surface area contributed by atoms with Gasteiger partial charge >= 0.3 is 0 Å². The van der Waals surface area contributed by atoms with Gasteiger partial charge in [0.1, 0.15) is 10.7 Å². The predicted molar refractivity (Wildman–Crippen MR) is 102 cm³/mol. The summed E-state index contributed by atoms with van der Waals surface area (Å²) in [6, 6.07) is 7.78. The lowest BCUT2D eigenvalue weighted by atomic mass is 10.2. The summed E-state index contributed by atoms with van der Waals surface area (Å²) in [5.74, 6) is -0.0840. The predicted octanol–water partition coefficient (Wildman–Crippen LogP) is 3.66. The molecule has 0 fully saturated rings. The van der Waals surface area contributed by atoms with E-state index in [1.54, 1.807) is 18.6 Å². The molecule has 0 aliphatic rings. The number of hydrogen-bond acceptors (Lipinski definition) is 5. The Morgan fingerprint density at radius 2 is 2.12 bits per heavy atom. The van der Waals surface area contributed by atoms with Crippen LogP contribution in [0.5, 0.6) is 0 Å². The van der Waals surface area contributed by atoms with Gasteiger partial charge in [-0.25, -0.2) is 4.98 Å². The zero-order chi connectivity index (χ0) is 18.1. The van der Waals surface area contributed by atoms with Gasteiger partial charge in [-0.2, -0.15) is 0 Å². The summed E-state index contributed by atoms with van der Waals surface area (Å²) in [5, 5.41) is 5.73. The highest BCUT2D eigenvalue weighted by atomic mass is 32.1. The van der Waals surface area contributed by atoms with E-state index in [0.717, 1.165) is 27.6 Å². The van der Waals surface area contributed by atoms with Crippen molar-refractivity contribution in [2.24, 2.45) is 0 Å². The molecule has 26 heavy (non-hydrogen) atoms. The highest BCUT2D eigenvalue weighted by molar-refractivity contribution is 7.13. The lowest BCUT2D eigenvalue weighted by Gasteiger charge is -2.07. The van der Waals surface area contributed by atoms with Gasteiger partial charge in [0.2, 0.25) is 0 Å². The second-order valence-electron chi connectivity index (χ2n) is 6.16. The van der Waals surface area contributed by atoms with Crippen LogP contribution in [0.25, 0.3) is 27.6 Å². The van der Waals surface area contributed by atoms with E-state index in [1.807, 2.05) is 54.1 Å². The van der Waals surface area contributed by atoms with Crippen molar-refractivity contribution in [3.63, 3.8) is 0 Å². The summed E-state index contributed by atoms with van der Waals surface area (Å²) in [7, 11) is 0. The third-order valence-electron chi connectivity index (χ3n) is 3.89. The van der Waals surface area contributed by atoms with E-state index in [2.05, 4.69) is 15.3 Å². The number of carbonyl (C=O) groups excluding carboxylic acids is 1. The molecular formula is C19H17N5OS. The maximum Gasteiger partial charge on any atom is 0.253 e. The Labute approximate surface area is 154 Å². The monoisotopic (exact) mass is 363 g/mol. The Kier molecular flexibility index (Phi) is 4.22. The van der Waals surface area contributed by atoms with Crippen LogP contribution in [-0.2, 0) is 0 Å². The van der Waals surface area contributed by atoms with Gasteiger partial charge in [-0.15, -0.1) is 11.3 Å². The minimum Gasteiger partial charge on any atom is -0.350 e. The summed E-state index contributed by atoms with van der Waals surface area (Å²) in [6.45, 7) is 3.90. The Morgan fingerprint density at radius 1 is 1.23 bits per heavy atom. The molecule has 4 aromatic rings. The zero-order valence-corrected chi connectivity index (χ0v) is 15.2. The van der Waals surface area contributed by atoms with Gasteiger partial charge < -0.3 is 9.72 Å². The van der Waals surface area contributed by atoms with Crippen LogP contribution in [0.1, 0.15) is 24.2 Å². The molecule has 0 aliphatic carbocycles. The Bertz CT molecular complexity index is 1070. The summed E-state index contributed by atoms with van der Waals surface area (Å²) in [5.41, 5.74) is 3.92. The number of thiazole rings is 1. The summed E-state index contributed by atoms with van der Waals surface area (Å²) in [6.07, 6.45) is 6.92. The van der Waals surface area contributed by atoms with Crippen LogP contribution in [0.2, 0.25) is 0 Å². The van der Waals surface area contributed by atoms with E-state index in [0.29, 0.717) is 5.56 Å². The molecule has 4 aromatic heterocycles. The molecule has 7 heteroatoms. The van der Waals surface area contributed by atoms with Gasteiger partial charge in [0.25, 0.3) is 5.91 Å². The third-order valence-corrected chi connectivity index (χ3v) is 4.75. The molecular weight excluding hydrogens is 346 g/mol. The minimum atomic E-state index is -0.0840. The first-order valence-corrected chi connectivity index (χ1v) is 9.14. The number of rotatable bonds is 4. The molecule has 0 aliphatic heterocycles. The topological polar surface area (TPSA) is 72.2 Å². The third kappa shape index (κ3) is 2.97. The van der Waals surface area contributed by atoms with E-state index < -0.39 is 0 Å². The van der Waals surface area contributed by atoms with Gasteiger partial charge in [-0.3, -0.25) is 14.8 Å². The van der Waals surface area contributed by atoms with Crippen molar-refractivity contribution in [2.75, 3.05) is 0 Å². The fourth-order valence-electron chi connectivity index (χ4n) is 2.79. The highest BCUT2D eigenvalue weighted by Gasteiger charge is 2.18. The molecule has 4 rings (SSSR count). The van der Waals surface area contributed by atoms with Gasteiger partial charge in [0.15, 0.2) is 0 Å². The average molecular weight is 363 g/mol. The Morgan fingerprint density at radius 3 is 2.88 bits per heavy atom. The maximum absolute atomic E-state index is 12.6. The van der Waals surface area contributed by atoms with E-state index in [9.17, 15) is 4.79 Å². The van der Waals surface area contributed by atoms with Gasteiger partial charge in [-0.1, -0.05) is 6.07 Å². The second-order valence-corrected chi connectivity index (χ2v) is 7.01. The van der Waals surface area contributed by atoms with Crippen LogP contribution in [0.4, 0.5) is 0 Å². The Balaban J connectivity index is 1.80. The van der Waals surface area contributed by atoms with Crippen LogP contribution in [0.3, 0.4) is 0 Å². The number of nitrogens with zero attached hydrogens (tertiary/aromatic N) is 4. The van der Waals surface area contributed by atoms with Gasteiger partial charge in [0, 0.05) is 30.0 Å². The molecule has 0 saturated heterocycles. The van der Waals surface area contributed by atoms with Crippen molar-refractivity contribution in [1.29, 1.82) is 0 Å². The maximum atomic E-state index is 12.6. The largest absolute Gasteiger partial charge is 0.350 e. The second kappa shape index (κ2) is 6.68. The van der Waals surface area contributed by atoms with Crippen molar-refractivity contribution in [2.45, 2.75) is 19.9 Å². The molecule has 6 nitrogen and oxygen atoms in total. The fraction of sp³-hybridized carbons (Fsp3) is 0.158. The number of carbonyl (C=O) groups is 1. The van der Waals surface area contributed by atoms with Crippen molar-refractivity contribution >= 4 is 22.8 Å². The van der Waals surface area contributed by atoms with Crippen LogP contribution in [0, 0.1) is 0 Å². The van der Waals surface area contributed by atoms with Crippen molar-refractivity contribution < 1.29 is 4.79 Å². The SMILES string of the molecule is CC(C)NC(=O)c1cc(-c2csc(-c3cnccn3)n2)n2ccccc12. The first-order valence-electron chi connectivity index (χ1n) is 8.26. The summed E-state index contributed by atoms with van der Waals surface area (Å²) in [4.78, 5) is 25.7. The number of pyridine rings is 1. The average Bonchev–Trinajstić information content (AvgIpc) is 3.27.